The molecule has 0 unspecified atom stereocenters. The van der Waals surface area contributed by atoms with Crippen LogP contribution in [-0.2, 0) is 12.8 Å². The summed E-state index contributed by atoms with van der Waals surface area (Å²) in [6.45, 7) is 9.04. The summed E-state index contributed by atoms with van der Waals surface area (Å²) >= 11 is 0. The second-order valence-corrected chi connectivity index (χ2v) is 6.02. The van der Waals surface area contributed by atoms with Crippen LogP contribution in [0.25, 0.3) is 10.9 Å². The highest BCUT2D eigenvalue weighted by Gasteiger charge is 2.06. The van der Waals surface area contributed by atoms with Crippen molar-refractivity contribution in [2.24, 2.45) is 11.8 Å². The average molecular weight is 241 g/mol. The van der Waals surface area contributed by atoms with Gasteiger partial charge in [-0.15, -0.1) is 0 Å². The lowest BCUT2D eigenvalue weighted by atomic mass is 9.96. The molecule has 0 saturated carbocycles. The standard InChI is InChI=1S/C17H23N/c1-12(2)9-14-5-6-16-15(10-13(3)4)7-8-18-17(16)11-14/h5-8,11-13H,9-10H2,1-4H3. The van der Waals surface area contributed by atoms with E-state index in [1.807, 2.05) is 6.20 Å². The molecule has 0 fully saturated rings. The van der Waals surface area contributed by atoms with Crippen molar-refractivity contribution in [3.05, 3.63) is 41.6 Å². The Morgan fingerprint density at radius 2 is 1.67 bits per heavy atom. The first-order chi connectivity index (χ1) is 8.56. The minimum absolute atomic E-state index is 0.686. The van der Waals surface area contributed by atoms with E-state index in [4.69, 9.17) is 0 Å². The normalized spacial score (nSPS) is 11.7. The van der Waals surface area contributed by atoms with Gasteiger partial charge in [0, 0.05) is 11.6 Å². The monoisotopic (exact) mass is 241 g/mol. The summed E-state index contributed by atoms with van der Waals surface area (Å²) in [7, 11) is 0. The number of rotatable bonds is 4. The first-order valence-corrected chi connectivity index (χ1v) is 6.92. The van der Waals surface area contributed by atoms with Gasteiger partial charge in [-0.2, -0.15) is 0 Å². The Balaban J connectivity index is 2.40. The van der Waals surface area contributed by atoms with Gasteiger partial charge in [-0.05, 0) is 47.9 Å². The SMILES string of the molecule is CC(C)Cc1ccc2c(CC(C)C)ccnc2c1. The Hall–Kier alpha value is -1.37. The fourth-order valence-corrected chi connectivity index (χ4v) is 2.47. The van der Waals surface area contributed by atoms with Crippen LogP contribution in [0.1, 0.15) is 38.8 Å². The van der Waals surface area contributed by atoms with Gasteiger partial charge >= 0.3 is 0 Å². The lowest BCUT2D eigenvalue weighted by Gasteiger charge is -2.10. The lowest BCUT2D eigenvalue weighted by molar-refractivity contribution is 0.647. The molecule has 18 heavy (non-hydrogen) atoms. The highest BCUT2D eigenvalue weighted by molar-refractivity contribution is 5.82. The Bertz CT molecular complexity index is 526. The third-order valence-electron chi connectivity index (χ3n) is 3.17. The molecule has 1 aromatic carbocycles. The van der Waals surface area contributed by atoms with Crippen molar-refractivity contribution in [1.82, 2.24) is 4.98 Å². The smallest absolute Gasteiger partial charge is 0.0707 e. The van der Waals surface area contributed by atoms with Crippen LogP contribution in [0.4, 0.5) is 0 Å². The molecule has 0 spiro atoms. The second kappa shape index (κ2) is 5.51. The lowest BCUT2D eigenvalue weighted by Crippen LogP contribution is -1.98. The van der Waals surface area contributed by atoms with E-state index in [9.17, 15) is 0 Å². The number of benzene rings is 1. The van der Waals surface area contributed by atoms with Crippen molar-refractivity contribution in [2.75, 3.05) is 0 Å². The molecule has 0 amide bonds. The summed E-state index contributed by atoms with van der Waals surface area (Å²) < 4.78 is 0. The van der Waals surface area contributed by atoms with Crippen LogP contribution in [0, 0.1) is 11.8 Å². The maximum absolute atomic E-state index is 4.52. The zero-order valence-corrected chi connectivity index (χ0v) is 11.9. The molecule has 0 N–H and O–H groups in total. The van der Waals surface area contributed by atoms with E-state index in [2.05, 4.69) is 56.9 Å². The third kappa shape index (κ3) is 3.10. The minimum Gasteiger partial charge on any atom is -0.256 e. The maximum Gasteiger partial charge on any atom is 0.0707 e. The number of nitrogens with zero attached hydrogens (tertiary/aromatic N) is 1. The van der Waals surface area contributed by atoms with E-state index in [1.54, 1.807) is 0 Å². The van der Waals surface area contributed by atoms with Crippen molar-refractivity contribution in [3.63, 3.8) is 0 Å². The van der Waals surface area contributed by atoms with Crippen molar-refractivity contribution in [3.8, 4) is 0 Å². The number of fused-ring (bicyclic) bond motifs is 1. The van der Waals surface area contributed by atoms with Crippen LogP contribution in [0.5, 0.6) is 0 Å². The molecule has 96 valence electrons. The van der Waals surface area contributed by atoms with Crippen LogP contribution >= 0.6 is 0 Å². The molecular formula is C17H23N. The van der Waals surface area contributed by atoms with Crippen LogP contribution in [-0.4, -0.2) is 4.98 Å². The van der Waals surface area contributed by atoms with Crippen molar-refractivity contribution in [2.45, 2.75) is 40.5 Å². The maximum atomic E-state index is 4.52. The molecule has 0 aliphatic carbocycles. The molecule has 2 rings (SSSR count). The average Bonchev–Trinajstić information content (AvgIpc) is 2.27. The molecule has 0 bridgehead atoms. The van der Waals surface area contributed by atoms with Gasteiger partial charge in [0.1, 0.15) is 0 Å². The van der Waals surface area contributed by atoms with Crippen LogP contribution < -0.4 is 0 Å². The topological polar surface area (TPSA) is 12.9 Å². The number of hydrogen-bond donors (Lipinski definition) is 0. The van der Waals surface area contributed by atoms with Gasteiger partial charge in [-0.1, -0.05) is 39.8 Å². The van der Waals surface area contributed by atoms with Crippen molar-refractivity contribution < 1.29 is 0 Å². The first kappa shape index (κ1) is 13.1. The molecule has 0 radical (unpaired) electrons. The molecule has 1 nitrogen and oxygen atoms in total. The molecule has 0 aliphatic heterocycles. The fourth-order valence-electron chi connectivity index (χ4n) is 2.47. The minimum atomic E-state index is 0.686. The summed E-state index contributed by atoms with van der Waals surface area (Å²) in [5.74, 6) is 1.38. The molecule has 1 heteroatoms. The van der Waals surface area contributed by atoms with Gasteiger partial charge in [-0.3, -0.25) is 4.98 Å². The summed E-state index contributed by atoms with van der Waals surface area (Å²) in [4.78, 5) is 4.52. The zero-order chi connectivity index (χ0) is 13.1. The quantitative estimate of drug-likeness (QED) is 0.760. The Morgan fingerprint density at radius 3 is 2.33 bits per heavy atom. The predicted octanol–water partition coefficient (Wildman–Crippen LogP) is 4.63. The molecule has 0 aliphatic rings. The summed E-state index contributed by atoms with van der Waals surface area (Å²) in [6.07, 6.45) is 4.20. The number of pyridine rings is 1. The number of hydrogen-bond acceptors (Lipinski definition) is 1. The van der Waals surface area contributed by atoms with Gasteiger partial charge in [-0.25, -0.2) is 0 Å². The van der Waals surface area contributed by atoms with Crippen LogP contribution in [0.3, 0.4) is 0 Å². The van der Waals surface area contributed by atoms with Crippen LogP contribution in [0.2, 0.25) is 0 Å². The Kier molecular flexibility index (Phi) is 4.00. The summed E-state index contributed by atoms with van der Waals surface area (Å²) in [5, 5.41) is 1.32. The molecule has 1 heterocycles. The fraction of sp³-hybridized carbons (Fsp3) is 0.471. The largest absolute Gasteiger partial charge is 0.256 e. The first-order valence-electron chi connectivity index (χ1n) is 6.92. The third-order valence-corrected chi connectivity index (χ3v) is 3.17. The van der Waals surface area contributed by atoms with E-state index >= 15 is 0 Å². The second-order valence-electron chi connectivity index (χ2n) is 6.02. The van der Waals surface area contributed by atoms with Crippen molar-refractivity contribution >= 4 is 10.9 Å². The van der Waals surface area contributed by atoms with E-state index < -0.39 is 0 Å². The van der Waals surface area contributed by atoms with Gasteiger partial charge in [0.2, 0.25) is 0 Å². The molecular weight excluding hydrogens is 218 g/mol. The summed E-state index contributed by atoms with van der Waals surface area (Å²) in [6, 6.07) is 8.91. The zero-order valence-electron chi connectivity index (χ0n) is 11.9. The van der Waals surface area contributed by atoms with Crippen molar-refractivity contribution in [1.29, 1.82) is 0 Å². The van der Waals surface area contributed by atoms with Gasteiger partial charge in [0.15, 0.2) is 0 Å². The van der Waals surface area contributed by atoms with Gasteiger partial charge in [0.25, 0.3) is 0 Å². The number of aromatic nitrogens is 1. The van der Waals surface area contributed by atoms with Gasteiger partial charge < -0.3 is 0 Å². The highest BCUT2D eigenvalue weighted by atomic mass is 14.6. The Labute approximate surface area is 110 Å². The van der Waals surface area contributed by atoms with Gasteiger partial charge in [0.05, 0.1) is 5.52 Å². The van der Waals surface area contributed by atoms with Crippen LogP contribution in [0.15, 0.2) is 30.5 Å². The Morgan fingerprint density at radius 1 is 0.944 bits per heavy atom. The van der Waals surface area contributed by atoms with E-state index in [1.165, 1.54) is 16.5 Å². The molecule has 2 aromatic rings. The van der Waals surface area contributed by atoms with E-state index in [0.717, 1.165) is 18.4 Å². The van der Waals surface area contributed by atoms with E-state index in [-0.39, 0.29) is 0 Å². The molecule has 1 aromatic heterocycles. The highest BCUT2D eigenvalue weighted by Crippen LogP contribution is 2.22. The molecule has 0 atom stereocenters. The van der Waals surface area contributed by atoms with E-state index in [0.29, 0.717) is 11.8 Å². The predicted molar refractivity (Wildman–Crippen MR) is 78.8 cm³/mol. The summed E-state index contributed by atoms with van der Waals surface area (Å²) in [5.41, 5.74) is 3.96. The molecule has 0 saturated heterocycles.